The Balaban J connectivity index is 1.63. The van der Waals surface area contributed by atoms with Crippen LogP contribution in [0.2, 0.25) is 0 Å². The second-order valence-corrected chi connectivity index (χ2v) is 6.98. The quantitative estimate of drug-likeness (QED) is 0.695. The van der Waals surface area contributed by atoms with Crippen LogP contribution in [-0.4, -0.2) is 31.4 Å². The molecular formula is C19H19BrN4O3. The van der Waals surface area contributed by atoms with Gasteiger partial charge in [-0.15, -0.1) is 0 Å². The number of hydrogen-bond acceptors (Lipinski definition) is 3. The molecule has 27 heavy (non-hydrogen) atoms. The van der Waals surface area contributed by atoms with Gasteiger partial charge in [0.15, 0.2) is 0 Å². The van der Waals surface area contributed by atoms with Gasteiger partial charge < -0.3 is 20.9 Å². The van der Waals surface area contributed by atoms with Gasteiger partial charge in [0.25, 0.3) is 0 Å². The Labute approximate surface area is 165 Å². The Bertz CT molecular complexity index is 870. The fourth-order valence-corrected chi connectivity index (χ4v) is 3.36. The molecule has 140 valence electrons. The highest BCUT2D eigenvalue weighted by Crippen LogP contribution is 2.31. The van der Waals surface area contributed by atoms with E-state index >= 15 is 0 Å². The summed E-state index contributed by atoms with van der Waals surface area (Å²) in [6.45, 7) is 0.337. The molecule has 1 aliphatic heterocycles. The molecule has 0 spiro atoms. The number of amides is 4. The summed E-state index contributed by atoms with van der Waals surface area (Å²) in [5.74, 6) is -0.703. The lowest BCUT2D eigenvalue weighted by Gasteiger charge is -2.18. The van der Waals surface area contributed by atoms with Crippen molar-refractivity contribution < 1.29 is 14.4 Å². The first-order valence-corrected chi connectivity index (χ1v) is 9.22. The highest BCUT2D eigenvalue weighted by Gasteiger charge is 2.35. The lowest BCUT2D eigenvalue weighted by Crippen LogP contribution is -2.28. The van der Waals surface area contributed by atoms with Crippen molar-refractivity contribution in [3.05, 3.63) is 53.0 Å². The summed E-state index contributed by atoms with van der Waals surface area (Å²) < 4.78 is 0.818. The fourth-order valence-electron chi connectivity index (χ4n) is 2.86. The van der Waals surface area contributed by atoms with Gasteiger partial charge in [0.05, 0.1) is 11.6 Å². The molecule has 1 aliphatic rings. The van der Waals surface area contributed by atoms with Gasteiger partial charge in [-0.1, -0.05) is 12.1 Å². The van der Waals surface area contributed by atoms with E-state index in [1.54, 1.807) is 29.2 Å². The molecule has 8 heteroatoms. The smallest absolute Gasteiger partial charge is 0.318 e. The van der Waals surface area contributed by atoms with E-state index in [4.69, 9.17) is 0 Å². The summed E-state index contributed by atoms with van der Waals surface area (Å²) in [6.07, 6.45) is 0.170. The number of carbonyl (C=O) groups is 3. The molecule has 0 aromatic heterocycles. The standard InChI is InChI=1S/C19H19BrN4O3/c1-21-19(27)23-14-8-6-13(7-9-14)22-18(26)12-10-17(25)24(11-12)16-5-3-2-4-15(16)20/h2-9,12H,10-11H2,1H3,(H,22,26)(H2,21,23,27). The van der Waals surface area contributed by atoms with Gasteiger partial charge >= 0.3 is 6.03 Å². The predicted molar refractivity (Wildman–Crippen MR) is 108 cm³/mol. The molecule has 3 rings (SSSR count). The first-order chi connectivity index (χ1) is 13.0. The first kappa shape index (κ1) is 18.9. The minimum absolute atomic E-state index is 0.0767. The minimum atomic E-state index is -0.423. The number of urea groups is 1. The number of para-hydroxylation sites is 1. The molecule has 4 amide bonds. The Kier molecular flexibility index (Phi) is 5.75. The molecule has 2 aromatic carbocycles. The molecule has 1 atom stereocenters. The van der Waals surface area contributed by atoms with Crippen LogP contribution in [0.3, 0.4) is 0 Å². The average molecular weight is 431 g/mol. The fraction of sp³-hybridized carbons (Fsp3) is 0.211. The zero-order valence-corrected chi connectivity index (χ0v) is 16.2. The minimum Gasteiger partial charge on any atom is -0.341 e. The lowest BCUT2D eigenvalue weighted by atomic mass is 10.1. The zero-order valence-electron chi connectivity index (χ0n) is 14.7. The van der Waals surface area contributed by atoms with Gasteiger partial charge in [-0.25, -0.2) is 4.79 Å². The van der Waals surface area contributed by atoms with Crippen molar-refractivity contribution in [2.75, 3.05) is 29.1 Å². The molecule has 2 aromatic rings. The maximum absolute atomic E-state index is 12.5. The highest BCUT2D eigenvalue weighted by molar-refractivity contribution is 9.10. The number of carbonyl (C=O) groups excluding carboxylic acids is 3. The highest BCUT2D eigenvalue weighted by atomic mass is 79.9. The summed E-state index contributed by atoms with van der Waals surface area (Å²) in [4.78, 5) is 37.8. The van der Waals surface area contributed by atoms with Crippen LogP contribution >= 0.6 is 15.9 Å². The number of anilines is 3. The van der Waals surface area contributed by atoms with E-state index in [1.807, 2.05) is 24.3 Å². The Morgan fingerprint density at radius 3 is 2.30 bits per heavy atom. The van der Waals surface area contributed by atoms with Crippen molar-refractivity contribution in [1.82, 2.24) is 5.32 Å². The Morgan fingerprint density at radius 1 is 1.04 bits per heavy atom. The van der Waals surface area contributed by atoms with Crippen molar-refractivity contribution in [2.45, 2.75) is 6.42 Å². The third-order valence-corrected chi connectivity index (χ3v) is 4.95. The van der Waals surface area contributed by atoms with E-state index in [0.717, 1.165) is 10.2 Å². The van der Waals surface area contributed by atoms with Crippen LogP contribution < -0.4 is 20.9 Å². The molecule has 0 saturated carbocycles. The summed E-state index contributed by atoms with van der Waals surface area (Å²) in [5.41, 5.74) is 1.99. The van der Waals surface area contributed by atoms with Crippen LogP contribution in [0.15, 0.2) is 53.0 Å². The average Bonchev–Trinajstić information content (AvgIpc) is 3.05. The van der Waals surface area contributed by atoms with Crippen LogP contribution in [0, 0.1) is 5.92 Å². The van der Waals surface area contributed by atoms with Crippen LogP contribution in [0.25, 0.3) is 0 Å². The van der Waals surface area contributed by atoms with Gasteiger partial charge in [-0.2, -0.15) is 0 Å². The Hall–Kier alpha value is -2.87. The van der Waals surface area contributed by atoms with E-state index in [0.29, 0.717) is 17.9 Å². The van der Waals surface area contributed by atoms with Gasteiger partial charge in [0, 0.05) is 35.9 Å². The van der Waals surface area contributed by atoms with Gasteiger partial charge in [0.2, 0.25) is 11.8 Å². The molecule has 7 nitrogen and oxygen atoms in total. The lowest BCUT2D eigenvalue weighted by molar-refractivity contribution is -0.122. The van der Waals surface area contributed by atoms with Crippen molar-refractivity contribution in [3.8, 4) is 0 Å². The Morgan fingerprint density at radius 2 is 1.67 bits per heavy atom. The molecule has 0 radical (unpaired) electrons. The van der Waals surface area contributed by atoms with Crippen LogP contribution in [-0.2, 0) is 9.59 Å². The summed E-state index contributed by atoms with van der Waals surface area (Å²) in [7, 11) is 1.53. The summed E-state index contributed by atoms with van der Waals surface area (Å²) >= 11 is 3.44. The molecule has 1 fully saturated rings. The van der Waals surface area contributed by atoms with E-state index in [2.05, 4.69) is 31.9 Å². The van der Waals surface area contributed by atoms with Gasteiger partial charge in [0.1, 0.15) is 0 Å². The number of nitrogens with zero attached hydrogens (tertiary/aromatic N) is 1. The summed E-state index contributed by atoms with van der Waals surface area (Å²) in [5, 5.41) is 7.93. The molecule has 0 aliphatic carbocycles. The van der Waals surface area contributed by atoms with Crippen molar-refractivity contribution in [2.24, 2.45) is 5.92 Å². The van der Waals surface area contributed by atoms with E-state index in [-0.39, 0.29) is 24.3 Å². The normalized spacial score (nSPS) is 16.1. The summed E-state index contributed by atoms with van der Waals surface area (Å²) in [6, 6.07) is 13.9. The SMILES string of the molecule is CNC(=O)Nc1ccc(NC(=O)C2CC(=O)N(c3ccccc3Br)C2)cc1. The number of halogens is 1. The molecule has 1 unspecified atom stereocenters. The van der Waals surface area contributed by atoms with Crippen LogP contribution in [0.1, 0.15) is 6.42 Å². The van der Waals surface area contributed by atoms with Crippen molar-refractivity contribution in [1.29, 1.82) is 0 Å². The monoisotopic (exact) mass is 430 g/mol. The number of benzene rings is 2. The van der Waals surface area contributed by atoms with E-state index in [9.17, 15) is 14.4 Å². The maximum atomic E-state index is 12.5. The molecule has 0 bridgehead atoms. The molecule has 3 N–H and O–H groups in total. The van der Waals surface area contributed by atoms with Gasteiger partial charge in [-0.05, 0) is 52.3 Å². The molecular weight excluding hydrogens is 412 g/mol. The predicted octanol–water partition coefficient (Wildman–Crippen LogP) is 3.19. The van der Waals surface area contributed by atoms with Crippen molar-refractivity contribution >= 4 is 50.8 Å². The number of rotatable bonds is 4. The van der Waals surface area contributed by atoms with Crippen molar-refractivity contribution in [3.63, 3.8) is 0 Å². The second-order valence-electron chi connectivity index (χ2n) is 6.13. The third kappa shape index (κ3) is 4.46. The maximum Gasteiger partial charge on any atom is 0.318 e. The second kappa shape index (κ2) is 8.22. The van der Waals surface area contributed by atoms with Crippen LogP contribution in [0.4, 0.5) is 21.9 Å². The van der Waals surface area contributed by atoms with Crippen LogP contribution in [0.5, 0.6) is 0 Å². The number of nitrogens with one attached hydrogen (secondary N) is 3. The third-order valence-electron chi connectivity index (χ3n) is 4.28. The van der Waals surface area contributed by atoms with Gasteiger partial charge in [-0.3, -0.25) is 9.59 Å². The molecule has 1 heterocycles. The topological polar surface area (TPSA) is 90.5 Å². The number of hydrogen-bond donors (Lipinski definition) is 3. The largest absolute Gasteiger partial charge is 0.341 e. The molecule has 1 saturated heterocycles. The van der Waals surface area contributed by atoms with E-state index in [1.165, 1.54) is 7.05 Å². The van der Waals surface area contributed by atoms with E-state index < -0.39 is 5.92 Å². The first-order valence-electron chi connectivity index (χ1n) is 8.42. The zero-order chi connectivity index (χ0) is 19.4.